The number of amides is 1. The summed E-state index contributed by atoms with van der Waals surface area (Å²) in [5, 5.41) is 4.01. The monoisotopic (exact) mass is 381 g/mol. The third-order valence-electron chi connectivity index (χ3n) is 4.66. The first kappa shape index (κ1) is 17.5. The molecule has 136 valence electrons. The maximum atomic E-state index is 13.2. The third kappa shape index (κ3) is 3.38. The summed E-state index contributed by atoms with van der Waals surface area (Å²) in [4.78, 5) is 19.1. The number of hydrogen-bond acceptors (Lipinski definition) is 3. The van der Waals surface area contributed by atoms with Gasteiger partial charge in [-0.25, -0.2) is 4.39 Å². The van der Waals surface area contributed by atoms with Crippen LogP contribution in [0.15, 0.2) is 60.8 Å². The quantitative estimate of drug-likeness (QED) is 0.695. The standard InChI is InChI=1S/C21H17ClFN3O/c1-13-4-7-15(22)11-18(13)25-20-19-17(3-2-10-24-19)21(27)26(20)12-14-5-8-16(23)9-6-14/h2-11,20,25H,12H2,1H3/t20-/m1/s1. The second-order valence-electron chi connectivity index (χ2n) is 6.50. The molecule has 1 aromatic heterocycles. The van der Waals surface area contributed by atoms with Crippen molar-refractivity contribution in [2.75, 3.05) is 5.32 Å². The van der Waals surface area contributed by atoms with Gasteiger partial charge in [0.05, 0.1) is 11.3 Å². The number of hydrogen-bond donors (Lipinski definition) is 1. The Morgan fingerprint density at radius 3 is 2.74 bits per heavy atom. The molecule has 3 aromatic rings. The van der Waals surface area contributed by atoms with E-state index in [0.717, 1.165) is 16.8 Å². The molecule has 2 heterocycles. The number of carbonyl (C=O) groups excluding carboxylic acids is 1. The summed E-state index contributed by atoms with van der Waals surface area (Å²) in [7, 11) is 0. The van der Waals surface area contributed by atoms with E-state index in [1.165, 1.54) is 12.1 Å². The first-order valence-corrected chi connectivity index (χ1v) is 8.94. The van der Waals surface area contributed by atoms with E-state index in [1.807, 2.05) is 25.1 Å². The normalized spacial score (nSPS) is 15.7. The first-order valence-electron chi connectivity index (χ1n) is 8.56. The van der Waals surface area contributed by atoms with Crippen LogP contribution in [0.2, 0.25) is 5.02 Å². The number of anilines is 1. The lowest BCUT2D eigenvalue weighted by Gasteiger charge is -2.27. The summed E-state index contributed by atoms with van der Waals surface area (Å²) < 4.78 is 13.2. The summed E-state index contributed by atoms with van der Waals surface area (Å²) >= 11 is 6.14. The van der Waals surface area contributed by atoms with Gasteiger partial charge in [-0.05, 0) is 54.4 Å². The van der Waals surface area contributed by atoms with Crippen molar-refractivity contribution in [1.82, 2.24) is 9.88 Å². The highest BCUT2D eigenvalue weighted by Gasteiger charge is 2.38. The number of carbonyl (C=O) groups is 1. The minimum absolute atomic E-state index is 0.111. The minimum atomic E-state index is -0.434. The van der Waals surface area contributed by atoms with Crippen molar-refractivity contribution in [3.05, 3.63) is 94.0 Å². The number of pyridine rings is 1. The Bertz CT molecular complexity index is 1010. The molecule has 0 aliphatic carbocycles. The zero-order chi connectivity index (χ0) is 19.0. The van der Waals surface area contributed by atoms with E-state index in [9.17, 15) is 9.18 Å². The molecule has 1 aliphatic heterocycles. The molecule has 0 bridgehead atoms. The van der Waals surface area contributed by atoms with Crippen LogP contribution < -0.4 is 5.32 Å². The Labute approximate surface area is 161 Å². The topological polar surface area (TPSA) is 45.2 Å². The van der Waals surface area contributed by atoms with Gasteiger partial charge >= 0.3 is 0 Å². The summed E-state index contributed by atoms with van der Waals surface area (Å²) in [5.74, 6) is -0.416. The predicted octanol–water partition coefficient (Wildman–Crippen LogP) is 4.95. The van der Waals surface area contributed by atoms with Gasteiger partial charge in [0.15, 0.2) is 0 Å². The SMILES string of the molecule is Cc1ccc(Cl)cc1N[C@H]1c2ncccc2C(=O)N1Cc1ccc(F)cc1. The molecule has 0 fully saturated rings. The Balaban J connectivity index is 1.71. The highest BCUT2D eigenvalue weighted by Crippen LogP contribution is 2.35. The van der Waals surface area contributed by atoms with E-state index in [1.54, 1.807) is 35.4 Å². The van der Waals surface area contributed by atoms with Crippen molar-refractivity contribution in [2.45, 2.75) is 19.6 Å². The molecule has 27 heavy (non-hydrogen) atoms. The van der Waals surface area contributed by atoms with Gasteiger partial charge in [0.1, 0.15) is 12.0 Å². The summed E-state index contributed by atoms with van der Waals surface area (Å²) in [6.45, 7) is 2.31. The Kier molecular flexibility index (Phi) is 4.54. The number of nitrogens with one attached hydrogen (secondary N) is 1. The van der Waals surface area contributed by atoms with Crippen LogP contribution in [0.4, 0.5) is 10.1 Å². The van der Waals surface area contributed by atoms with Gasteiger partial charge in [0, 0.05) is 23.5 Å². The molecular formula is C21H17ClFN3O. The predicted molar refractivity (Wildman–Crippen MR) is 103 cm³/mol. The van der Waals surface area contributed by atoms with E-state index < -0.39 is 6.17 Å². The van der Waals surface area contributed by atoms with E-state index in [4.69, 9.17) is 11.6 Å². The molecule has 2 aromatic carbocycles. The fourth-order valence-corrected chi connectivity index (χ4v) is 3.40. The Morgan fingerprint density at radius 2 is 1.96 bits per heavy atom. The van der Waals surface area contributed by atoms with Crippen LogP contribution in [0, 0.1) is 12.7 Å². The molecular weight excluding hydrogens is 365 g/mol. The molecule has 1 aliphatic rings. The van der Waals surface area contributed by atoms with Gasteiger partial charge < -0.3 is 10.2 Å². The van der Waals surface area contributed by atoms with E-state index in [-0.39, 0.29) is 11.7 Å². The molecule has 0 saturated carbocycles. The number of aromatic nitrogens is 1. The lowest BCUT2D eigenvalue weighted by molar-refractivity contribution is 0.0727. The smallest absolute Gasteiger partial charge is 0.258 e. The number of fused-ring (bicyclic) bond motifs is 1. The molecule has 1 amide bonds. The molecule has 0 unspecified atom stereocenters. The molecule has 6 heteroatoms. The molecule has 0 saturated heterocycles. The Morgan fingerprint density at radius 1 is 1.19 bits per heavy atom. The van der Waals surface area contributed by atoms with Crippen LogP contribution in [0.25, 0.3) is 0 Å². The van der Waals surface area contributed by atoms with Gasteiger partial charge in [-0.2, -0.15) is 0 Å². The van der Waals surface area contributed by atoms with E-state index in [0.29, 0.717) is 22.8 Å². The molecule has 0 spiro atoms. The first-order chi connectivity index (χ1) is 13.0. The maximum absolute atomic E-state index is 13.2. The van der Waals surface area contributed by atoms with Crippen molar-refractivity contribution in [3.63, 3.8) is 0 Å². The fraction of sp³-hybridized carbons (Fsp3) is 0.143. The molecule has 4 rings (SSSR count). The Hall–Kier alpha value is -2.92. The molecule has 0 radical (unpaired) electrons. The van der Waals surface area contributed by atoms with Gasteiger partial charge in [-0.1, -0.05) is 29.8 Å². The third-order valence-corrected chi connectivity index (χ3v) is 4.89. The van der Waals surface area contributed by atoms with Crippen molar-refractivity contribution < 1.29 is 9.18 Å². The van der Waals surface area contributed by atoms with Gasteiger partial charge in [-0.3, -0.25) is 9.78 Å². The van der Waals surface area contributed by atoms with Crippen molar-refractivity contribution in [1.29, 1.82) is 0 Å². The van der Waals surface area contributed by atoms with E-state index >= 15 is 0 Å². The fourth-order valence-electron chi connectivity index (χ4n) is 3.23. The van der Waals surface area contributed by atoms with Crippen molar-refractivity contribution >= 4 is 23.2 Å². The van der Waals surface area contributed by atoms with Gasteiger partial charge in [0.25, 0.3) is 5.91 Å². The summed E-state index contributed by atoms with van der Waals surface area (Å²) in [6, 6.07) is 15.2. The average molecular weight is 382 g/mol. The largest absolute Gasteiger partial charge is 0.360 e. The highest BCUT2D eigenvalue weighted by molar-refractivity contribution is 6.30. The zero-order valence-electron chi connectivity index (χ0n) is 14.6. The van der Waals surface area contributed by atoms with E-state index in [2.05, 4.69) is 10.3 Å². The van der Waals surface area contributed by atoms with Crippen molar-refractivity contribution in [3.8, 4) is 0 Å². The number of rotatable bonds is 4. The van der Waals surface area contributed by atoms with Gasteiger partial charge in [0.2, 0.25) is 0 Å². The van der Waals surface area contributed by atoms with Crippen LogP contribution in [-0.4, -0.2) is 15.8 Å². The van der Waals surface area contributed by atoms with Crippen LogP contribution in [0.3, 0.4) is 0 Å². The summed E-state index contributed by atoms with van der Waals surface area (Å²) in [5.41, 5.74) is 3.92. The lowest BCUT2D eigenvalue weighted by atomic mass is 10.1. The maximum Gasteiger partial charge on any atom is 0.258 e. The van der Waals surface area contributed by atoms with Gasteiger partial charge in [-0.15, -0.1) is 0 Å². The number of benzene rings is 2. The number of halogens is 2. The molecule has 1 atom stereocenters. The van der Waals surface area contributed by atoms with Crippen LogP contribution >= 0.6 is 11.6 Å². The van der Waals surface area contributed by atoms with Crippen LogP contribution in [-0.2, 0) is 6.54 Å². The highest BCUT2D eigenvalue weighted by atomic mass is 35.5. The average Bonchev–Trinajstić information content (AvgIpc) is 2.92. The molecule has 1 N–H and O–H groups in total. The summed E-state index contributed by atoms with van der Waals surface area (Å²) in [6.07, 6.45) is 1.24. The number of aryl methyl sites for hydroxylation is 1. The second kappa shape index (κ2) is 7.00. The molecule has 4 nitrogen and oxygen atoms in total. The number of nitrogens with zero attached hydrogens (tertiary/aromatic N) is 2. The van der Waals surface area contributed by atoms with Crippen LogP contribution in [0.5, 0.6) is 0 Å². The second-order valence-corrected chi connectivity index (χ2v) is 6.94. The van der Waals surface area contributed by atoms with Crippen molar-refractivity contribution in [2.24, 2.45) is 0 Å². The van der Waals surface area contributed by atoms with Crippen LogP contribution in [0.1, 0.15) is 33.3 Å². The lowest BCUT2D eigenvalue weighted by Crippen LogP contribution is -2.32. The zero-order valence-corrected chi connectivity index (χ0v) is 15.4. The minimum Gasteiger partial charge on any atom is -0.360 e.